The van der Waals surface area contributed by atoms with Crippen molar-refractivity contribution in [3.63, 3.8) is 0 Å². The molecule has 0 saturated carbocycles. The Labute approximate surface area is 125 Å². The lowest BCUT2D eigenvalue weighted by atomic mass is 10.1. The number of rotatable bonds is 4. The predicted octanol–water partition coefficient (Wildman–Crippen LogP) is 2.75. The highest BCUT2D eigenvalue weighted by Gasteiger charge is 2.34. The van der Waals surface area contributed by atoms with Crippen LogP contribution in [0.5, 0.6) is 0 Å². The summed E-state index contributed by atoms with van der Waals surface area (Å²) in [5.41, 5.74) is 1.86. The van der Waals surface area contributed by atoms with E-state index in [1.165, 1.54) is 0 Å². The maximum atomic E-state index is 12.7. The molecular weight excluding hydrogens is 284 g/mol. The lowest BCUT2D eigenvalue weighted by Crippen LogP contribution is -2.31. The molecular formula is C16H18N2O2S. The Morgan fingerprint density at radius 3 is 2.52 bits per heavy atom. The third-order valence-electron chi connectivity index (χ3n) is 3.84. The fourth-order valence-electron chi connectivity index (χ4n) is 2.86. The zero-order valence-corrected chi connectivity index (χ0v) is 12.5. The van der Waals surface area contributed by atoms with Crippen molar-refractivity contribution in [3.05, 3.63) is 66.0 Å². The summed E-state index contributed by atoms with van der Waals surface area (Å²) in [4.78, 5) is 4.00. The van der Waals surface area contributed by atoms with E-state index in [2.05, 4.69) is 4.98 Å². The molecule has 0 spiro atoms. The Morgan fingerprint density at radius 1 is 1.10 bits per heavy atom. The van der Waals surface area contributed by atoms with Crippen molar-refractivity contribution < 1.29 is 8.42 Å². The summed E-state index contributed by atoms with van der Waals surface area (Å²) in [6.45, 7) is 0.599. The molecule has 3 rings (SSSR count). The van der Waals surface area contributed by atoms with Crippen LogP contribution in [0.25, 0.3) is 0 Å². The standard InChI is InChI=1S/C16H18N2O2S/c19-21(20,13-14-5-2-1-3-6-14)18-12-4-7-16(18)15-8-10-17-11-9-15/h1-3,5-6,8-11,16H,4,7,12-13H2. The van der Waals surface area contributed by atoms with E-state index in [0.717, 1.165) is 24.0 Å². The van der Waals surface area contributed by atoms with Gasteiger partial charge in [-0.05, 0) is 36.1 Å². The first-order valence-electron chi connectivity index (χ1n) is 7.10. The molecule has 0 bridgehead atoms. The number of hydrogen-bond acceptors (Lipinski definition) is 3. The van der Waals surface area contributed by atoms with Gasteiger partial charge in [-0.15, -0.1) is 0 Å². The van der Waals surface area contributed by atoms with Gasteiger partial charge < -0.3 is 0 Å². The van der Waals surface area contributed by atoms with E-state index in [1.807, 2.05) is 42.5 Å². The second kappa shape index (κ2) is 5.95. The summed E-state index contributed by atoms with van der Waals surface area (Å²) >= 11 is 0. The molecule has 21 heavy (non-hydrogen) atoms. The van der Waals surface area contributed by atoms with Crippen molar-refractivity contribution in [2.75, 3.05) is 6.54 Å². The molecule has 1 saturated heterocycles. The summed E-state index contributed by atoms with van der Waals surface area (Å²) in [6, 6.07) is 13.1. The largest absolute Gasteiger partial charge is 0.265 e. The van der Waals surface area contributed by atoms with Crippen LogP contribution in [0.15, 0.2) is 54.9 Å². The third-order valence-corrected chi connectivity index (χ3v) is 5.69. The first kappa shape index (κ1) is 14.2. The van der Waals surface area contributed by atoms with Crippen LogP contribution in [0, 0.1) is 0 Å². The van der Waals surface area contributed by atoms with E-state index in [-0.39, 0.29) is 11.8 Å². The van der Waals surface area contributed by atoms with Gasteiger partial charge in [-0.25, -0.2) is 8.42 Å². The summed E-state index contributed by atoms with van der Waals surface area (Å²) in [5, 5.41) is 0. The molecule has 4 nitrogen and oxygen atoms in total. The Bertz CT molecular complexity index is 687. The molecule has 0 amide bonds. The SMILES string of the molecule is O=S(=O)(Cc1ccccc1)N1CCCC1c1ccncc1. The molecule has 5 heteroatoms. The zero-order chi connectivity index (χ0) is 14.7. The maximum Gasteiger partial charge on any atom is 0.218 e. The summed E-state index contributed by atoms with van der Waals surface area (Å²) in [5.74, 6) is 0.0649. The van der Waals surface area contributed by atoms with Gasteiger partial charge in [0.25, 0.3) is 0 Å². The van der Waals surface area contributed by atoms with Gasteiger partial charge in [-0.3, -0.25) is 4.98 Å². The Balaban J connectivity index is 1.84. The van der Waals surface area contributed by atoms with Crippen molar-refractivity contribution in [2.24, 2.45) is 0 Å². The highest BCUT2D eigenvalue weighted by atomic mass is 32.2. The molecule has 2 aromatic rings. The lowest BCUT2D eigenvalue weighted by Gasteiger charge is -2.24. The van der Waals surface area contributed by atoms with E-state index >= 15 is 0 Å². The predicted molar refractivity (Wildman–Crippen MR) is 82.0 cm³/mol. The number of benzene rings is 1. The fraction of sp³-hybridized carbons (Fsp3) is 0.312. The minimum absolute atomic E-state index is 0.0540. The second-order valence-electron chi connectivity index (χ2n) is 5.29. The molecule has 1 aromatic carbocycles. The van der Waals surface area contributed by atoms with Gasteiger partial charge in [0.15, 0.2) is 0 Å². The summed E-state index contributed by atoms with van der Waals surface area (Å²) in [7, 11) is -3.30. The number of nitrogens with zero attached hydrogens (tertiary/aromatic N) is 2. The van der Waals surface area contributed by atoms with E-state index in [4.69, 9.17) is 0 Å². The van der Waals surface area contributed by atoms with Crippen LogP contribution in [0.3, 0.4) is 0 Å². The Hall–Kier alpha value is -1.72. The van der Waals surface area contributed by atoms with Gasteiger partial charge in [0.05, 0.1) is 5.75 Å². The lowest BCUT2D eigenvalue weighted by molar-refractivity contribution is 0.396. The molecule has 1 fully saturated rings. The quantitative estimate of drug-likeness (QED) is 0.872. The Morgan fingerprint density at radius 2 is 1.81 bits per heavy atom. The van der Waals surface area contributed by atoms with Crippen molar-refractivity contribution in [1.82, 2.24) is 9.29 Å². The highest BCUT2D eigenvalue weighted by molar-refractivity contribution is 7.88. The summed E-state index contributed by atoms with van der Waals surface area (Å²) in [6.07, 6.45) is 5.21. The van der Waals surface area contributed by atoms with Crippen LogP contribution >= 0.6 is 0 Å². The number of aromatic nitrogens is 1. The van der Waals surface area contributed by atoms with Crippen LogP contribution in [-0.2, 0) is 15.8 Å². The number of pyridine rings is 1. The van der Waals surface area contributed by atoms with Crippen LogP contribution < -0.4 is 0 Å². The minimum Gasteiger partial charge on any atom is -0.265 e. The van der Waals surface area contributed by atoms with Gasteiger partial charge in [0, 0.05) is 25.0 Å². The van der Waals surface area contributed by atoms with Crippen molar-refractivity contribution >= 4 is 10.0 Å². The molecule has 0 aliphatic carbocycles. The molecule has 0 N–H and O–H groups in total. The average molecular weight is 302 g/mol. The molecule has 1 aliphatic rings. The third kappa shape index (κ3) is 3.14. The molecule has 2 heterocycles. The van der Waals surface area contributed by atoms with E-state index in [1.54, 1.807) is 16.7 Å². The topological polar surface area (TPSA) is 50.3 Å². The average Bonchev–Trinajstić information content (AvgIpc) is 2.99. The molecule has 110 valence electrons. The van der Waals surface area contributed by atoms with E-state index < -0.39 is 10.0 Å². The van der Waals surface area contributed by atoms with E-state index in [9.17, 15) is 8.42 Å². The van der Waals surface area contributed by atoms with Gasteiger partial charge >= 0.3 is 0 Å². The number of sulfonamides is 1. The van der Waals surface area contributed by atoms with Crippen LogP contribution in [0.1, 0.15) is 30.0 Å². The van der Waals surface area contributed by atoms with Crippen molar-refractivity contribution in [1.29, 1.82) is 0 Å². The van der Waals surface area contributed by atoms with Gasteiger partial charge in [-0.2, -0.15) is 4.31 Å². The smallest absolute Gasteiger partial charge is 0.218 e. The first-order valence-corrected chi connectivity index (χ1v) is 8.71. The fourth-order valence-corrected chi connectivity index (χ4v) is 4.66. The van der Waals surface area contributed by atoms with Crippen molar-refractivity contribution in [2.45, 2.75) is 24.6 Å². The minimum atomic E-state index is -3.30. The van der Waals surface area contributed by atoms with Crippen LogP contribution in [0.4, 0.5) is 0 Å². The second-order valence-corrected chi connectivity index (χ2v) is 7.21. The molecule has 1 aliphatic heterocycles. The number of hydrogen-bond donors (Lipinski definition) is 0. The van der Waals surface area contributed by atoms with Crippen LogP contribution in [-0.4, -0.2) is 24.3 Å². The summed E-state index contributed by atoms with van der Waals surface area (Å²) < 4.78 is 27.0. The molecule has 0 radical (unpaired) electrons. The monoisotopic (exact) mass is 302 g/mol. The maximum absolute atomic E-state index is 12.7. The van der Waals surface area contributed by atoms with Crippen molar-refractivity contribution in [3.8, 4) is 0 Å². The van der Waals surface area contributed by atoms with Gasteiger partial charge in [0.1, 0.15) is 0 Å². The van der Waals surface area contributed by atoms with Gasteiger partial charge in [-0.1, -0.05) is 30.3 Å². The normalized spacial score (nSPS) is 19.7. The first-order chi connectivity index (χ1) is 10.2. The van der Waals surface area contributed by atoms with Gasteiger partial charge in [0.2, 0.25) is 10.0 Å². The highest BCUT2D eigenvalue weighted by Crippen LogP contribution is 2.34. The molecule has 1 aromatic heterocycles. The molecule has 1 atom stereocenters. The zero-order valence-electron chi connectivity index (χ0n) is 11.7. The van der Waals surface area contributed by atoms with E-state index in [0.29, 0.717) is 6.54 Å². The molecule has 1 unspecified atom stereocenters. The van der Waals surface area contributed by atoms with Crippen LogP contribution in [0.2, 0.25) is 0 Å². The Kier molecular flexibility index (Phi) is 4.03.